The normalized spacial score (nSPS) is 19.7. The zero-order valence-corrected chi connectivity index (χ0v) is 13.8. The van der Waals surface area contributed by atoms with Crippen molar-refractivity contribution in [2.75, 3.05) is 26.2 Å². The van der Waals surface area contributed by atoms with E-state index in [0.717, 1.165) is 32.5 Å². The molecule has 1 aliphatic rings. The van der Waals surface area contributed by atoms with Crippen molar-refractivity contribution >= 4 is 5.91 Å². The van der Waals surface area contributed by atoms with Gasteiger partial charge in [0.05, 0.1) is 6.54 Å². The summed E-state index contributed by atoms with van der Waals surface area (Å²) in [4.78, 5) is 14.1. The van der Waals surface area contributed by atoms with Crippen LogP contribution < -0.4 is 5.32 Å². The molecule has 1 heterocycles. The van der Waals surface area contributed by atoms with Gasteiger partial charge in [0.2, 0.25) is 5.91 Å². The SMILES string of the molecule is CC(C)CNCC(=O)N1CCCC(C#CC(C)(C)C)C1. The highest BCUT2D eigenvalue weighted by Crippen LogP contribution is 2.17. The van der Waals surface area contributed by atoms with Gasteiger partial charge in [-0.2, -0.15) is 0 Å². The van der Waals surface area contributed by atoms with Gasteiger partial charge >= 0.3 is 0 Å². The molecule has 0 radical (unpaired) electrons. The van der Waals surface area contributed by atoms with E-state index in [-0.39, 0.29) is 11.3 Å². The van der Waals surface area contributed by atoms with Crippen LogP contribution in [-0.4, -0.2) is 37.0 Å². The zero-order valence-electron chi connectivity index (χ0n) is 13.8. The first-order valence-corrected chi connectivity index (χ1v) is 7.79. The number of nitrogens with one attached hydrogen (secondary N) is 1. The van der Waals surface area contributed by atoms with Crippen molar-refractivity contribution in [3.05, 3.63) is 0 Å². The number of hydrogen-bond donors (Lipinski definition) is 1. The molecule has 3 heteroatoms. The molecule has 1 rings (SSSR count). The number of rotatable bonds is 4. The van der Waals surface area contributed by atoms with Gasteiger partial charge in [-0.3, -0.25) is 4.79 Å². The Balaban J connectivity index is 2.43. The van der Waals surface area contributed by atoms with Crippen LogP contribution in [-0.2, 0) is 4.79 Å². The molecule has 0 aliphatic carbocycles. The van der Waals surface area contributed by atoms with Gasteiger partial charge in [-0.1, -0.05) is 25.7 Å². The Hall–Kier alpha value is -1.01. The van der Waals surface area contributed by atoms with Crippen LogP contribution in [0.25, 0.3) is 0 Å². The first-order chi connectivity index (χ1) is 9.28. The second kappa shape index (κ2) is 7.69. The molecule has 0 aromatic rings. The monoisotopic (exact) mass is 278 g/mol. The fraction of sp³-hybridized carbons (Fsp3) is 0.824. The Morgan fingerprint density at radius 2 is 2.10 bits per heavy atom. The van der Waals surface area contributed by atoms with E-state index in [4.69, 9.17) is 0 Å². The van der Waals surface area contributed by atoms with E-state index in [1.807, 2.05) is 4.90 Å². The van der Waals surface area contributed by atoms with E-state index in [1.165, 1.54) is 0 Å². The van der Waals surface area contributed by atoms with Crippen molar-refractivity contribution in [3.8, 4) is 11.8 Å². The molecular weight excluding hydrogens is 248 g/mol. The van der Waals surface area contributed by atoms with Crippen LogP contribution in [0.5, 0.6) is 0 Å². The van der Waals surface area contributed by atoms with Crippen LogP contribution >= 0.6 is 0 Å². The molecule has 1 saturated heterocycles. The van der Waals surface area contributed by atoms with Gasteiger partial charge in [-0.05, 0) is 46.1 Å². The van der Waals surface area contributed by atoms with Crippen molar-refractivity contribution in [1.29, 1.82) is 0 Å². The average Bonchev–Trinajstić information content (AvgIpc) is 2.35. The summed E-state index contributed by atoms with van der Waals surface area (Å²) in [5.41, 5.74) is 0.0467. The van der Waals surface area contributed by atoms with Crippen molar-refractivity contribution in [1.82, 2.24) is 10.2 Å². The maximum atomic E-state index is 12.1. The van der Waals surface area contributed by atoms with Crippen molar-refractivity contribution in [3.63, 3.8) is 0 Å². The molecular formula is C17H30N2O. The zero-order chi connectivity index (χ0) is 15.2. The van der Waals surface area contributed by atoms with Crippen LogP contribution in [0.15, 0.2) is 0 Å². The van der Waals surface area contributed by atoms with Gasteiger partial charge in [0.15, 0.2) is 0 Å². The Kier molecular flexibility index (Phi) is 6.55. The molecule has 1 amide bonds. The molecule has 0 aromatic carbocycles. The Morgan fingerprint density at radius 1 is 1.40 bits per heavy atom. The van der Waals surface area contributed by atoms with E-state index >= 15 is 0 Å². The van der Waals surface area contributed by atoms with Crippen LogP contribution in [0, 0.1) is 29.1 Å². The topological polar surface area (TPSA) is 32.3 Å². The Morgan fingerprint density at radius 3 is 2.70 bits per heavy atom. The maximum Gasteiger partial charge on any atom is 0.236 e. The average molecular weight is 278 g/mol. The van der Waals surface area contributed by atoms with Crippen LogP contribution in [0.2, 0.25) is 0 Å². The van der Waals surface area contributed by atoms with E-state index in [2.05, 4.69) is 51.8 Å². The fourth-order valence-electron chi connectivity index (χ4n) is 2.22. The lowest BCUT2D eigenvalue weighted by Gasteiger charge is -2.30. The molecule has 1 fully saturated rings. The molecule has 0 bridgehead atoms. The van der Waals surface area contributed by atoms with Gasteiger partial charge in [-0.25, -0.2) is 0 Å². The molecule has 0 aromatic heterocycles. The molecule has 20 heavy (non-hydrogen) atoms. The highest BCUT2D eigenvalue weighted by atomic mass is 16.2. The number of amides is 1. The molecule has 1 unspecified atom stereocenters. The third-order valence-electron chi connectivity index (χ3n) is 3.25. The molecule has 1 N–H and O–H groups in total. The summed E-state index contributed by atoms with van der Waals surface area (Å²) >= 11 is 0. The summed E-state index contributed by atoms with van der Waals surface area (Å²) in [6, 6.07) is 0. The number of likely N-dealkylation sites (tertiary alicyclic amines) is 1. The smallest absolute Gasteiger partial charge is 0.236 e. The minimum absolute atomic E-state index is 0.0467. The standard InChI is InChI=1S/C17H30N2O/c1-14(2)11-18-12-16(20)19-10-6-7-15(13-19)8-9-17(3,4)5/h14-15,18H,6-7,10-13H2,1-5H3. The predicted octanol–water partition coefficient (Wildman–Crippen LogP) is 2.52. The third kappa shape index (κ3) is 6.96. The molecule has 114 valence electrons. The van der Waals surface area contributed by atoms with E-state index < -0.39 is 0 Å². The minimum Gasteiger partial charge on any atom is -0.340 e. The van der Waals surface area contributed by atoms with Gasteiger partial charge in [0.1, 0.15) is 0 Å². The second-order valence-electron chi connectivity index (χ2n) is 7.22. The van der Waals surface area contributed by atoms with Gasteiger partial charge in [-0.15, -0.1) is 0 Å². The summed E-state index contributed by atoms with van der Waals surface area (Å²) in [6.07, 6.45) is 2.19. The quantitative estimate of drug-likeness (QED) is 0.802. The van der Waals surface area contributed by atoms with E-state index in [9.17, 15) is 4.79 Å². The summed E-state index contributed by atoms with van der Waals surface area (Å²) in [5.74, 6) is 7.80. The number of piperidine rings is 1. The van der Waals surface area contributed by atoms with Gasteiger partial charge in [0.25, 0.3) is 0 Å². The maximum absolute atomic E-state index is 12.1. The number of carbonyl (C=O) groups is 1. The summed E-state index contributed by atoms with van der Waals surface area (Å²) in [6.45, 7) is 13.7. The second-order valence-corrected chi connectivity index (χ2v) is 7.22. The molecule has 0 saturated carbocycles. The van der Waals surface area contributed by atoms with Crippen molar-refractivity contribution in [2.45, 2.75) is 47.5 Å². The van der Waals surface area contributed by atoms with Gasteiger partial charge < -0.3 is 10.2 Å². The Labute approximate surface area is 124 Å². The predicted molar refractivity (Wildman–Crippen MR) is 84.2 cm³/mol. The van der Waals surface area contributed by atoms with Crippen molar-refractivity contribution in [2.24, 2.45) is 17.3 Å². The summed E-state index contributed by atoms with van der Waals surface area (Å²) in [5, 5.41) is 3.23. The number of nitrogens with zero attached hydrogens (tertiary/aromatic N) is 1. The fourth-order valence-corrected chi connectivity index (χ4v) is 2.22. The molecule has 1 aliphatic heterocycles. The number of hydrogen-bond acceptors (Lipinski definition) is 2. The molecule has 0 spiro atoms. The first kappa shape index (κ1) is 17.0. The largest absolute Gasteiger partial charge is 0.340 e. The Bertz CT molecular complexity index is 371. The molecule has 1 atom stereocenters. The summed E-state index contributed by atoms with van der Waals surface area (Å²) < 4.78 is 0. The van der Waals surface area contributed by atoms with E-state index in [0.29, 0.717) is 18.4 Å². The lowest BCUT2D eigenvalue weighted by molar-refractivity contribution is -0.131. The van der Waals surface area contributed by atoms with Gasteiger partial charge in [0, 0.05) is 24.4 Å². The van der Waals surface area contributed by atoms with Crippen LogP contribution in [0.3, 0.4) is 0 Å². The highest BCUT2D eigenvalue weighted by molar-refractivity contribution is 5.78. The molecule has 3 nitrogen and oxygen atoms in total. The van der Waals surface area contributed by atoms with E-state index in [1.54, 1.807) is 0 Å². The van der Waals surface area contributed by atoms with Crippen LogP contribution in [0.4, 0.5) is 0 Å². The summed E-state index contributed by atoms with van der Waals surface area (Å²) in [7, 11) is 0. The lowest BCUT2D eigenvalue weighted by Crippen LogP contribution is -2.44. The highest BCUT2D eigenvalue weighted by Gasteiger charge is 2.22. The minimum atomic E-state index is 0.0467. The van der Waals surface area contributed by atoms with Crippen LogP contribution in [0.1, 0.15) is 47.5 Å². The third-order valence-corrected chi connectivity index (χ3v) is 3.25. The first-order valence-electron chi connectivity index (χ1n) is 7.79. The number of carbonyl (C=O) groups excluding carboxylic acids is 1. The lowest BCUT2D eigenvalue weighted by atomic mass is 9.93. The van der Waals surface area contributed by atoms with Crippen molar-refractivity contribution < 1.29 is 4.79 Å².